The van der Waals surface area contributed by atoms with Gasteiger partial charge < -0.3 is 15.7 Å². The third-order valence-corrected chi connectivity index (χ3v) is 3.07. The summed E-state index contributed by atoms with van der Waals surface area (Å²) >= 11 is 0. The Bertz CT molecular complexity index is 463. The summed E-state index contributed by atoms with van der Waals surface area (Å²) in [7, 11) is 0. The van der Waals surface area contributed by atoms with Crippen molar-refractivity contribution in [3.05, 3.63) is 24.0 Å². The minimum absolute atomic E-state index is 0.160. The molecule has 0 aromatic carbocycles. The van der Waals surface area contributed by atoms with Gasteiger partial charge in [0.25, 0.3) is 0 Å². The lowest BCUT2D eigenvalue weighted by Crippen LogP contribution is -2.30. The Labute approximate surface area is 125 Å². The van der Waals surface area contributed by atoms with Gasteiger partial charge in [-0.25, -0.2) is 14.6 Å². The molecule has 6 nitrogen and oxygen atoms in total. The van der Waals surface area contributed by atoms with E-state index in [2.05, 4.69) is 22.5 Å². The van der Waals surface area contributed by atoms with Crippen LogP contribution in [0, 0.1) is 0 Å². The van der Waals surface area contributed by atoms with Crippen molar-refractivity contribution in [1.29, 1.82) is 0 Å². The second kappa shape index (κ2) is 9.74. The highest BCUT2D eigenvalue weighted by atomic mass is 16.4. The van der Waals surface area contributed by atoms with E-state index in [0.29, 0.717) is 6.54 Å². The van der Waals surface area contributed by atoms with Gasteiger partial charge in [-0.15, -0.1) is 0 Å². The molecule has 3 N–H and O–H groups in total. The Hall–Kier alpha value is -2.11. The molecule has 0 unspecified atom stereocenters. The third kappa shape index (κ3) is 6.74. The summed E-state index contributed by atoms with van der Waals surface area (Å²) in [5.74, 6) is -1.16. The third-order valence-electron chi connectivity index (χ3n) is 3.07. The monoisotopic (exact) mass is 293 g/mol. The molecule has 0 saturated heterocycles. The van der Waals surface area contributed by atoms with E-state index >= 15 is 0 Å². The number of amides is 2. The quantitative estimate of drug-likeness (QED) is 0.609. The molecule has 1 aromatic heterocycles. The van der Waals surface area contributed by atoms with E-state index in [1.165, 1.54) is 37.9 Å². The van der Waals surface area contributed by atoms with E-state index < -0.39 is 12.0 Å². The topological polar surface area (TPSA) is 91.3 Å². The zero-order chi connectivity index (χ0) is 15.5. The van der Waals surface area contributed by atoms with E-state index in [-0.39, 0.29) is 11.4 Å². The van der Waals surface area contributed by atoms with Gasteiger partial charge in [0.1, 0.15) is 0 Å². The smallest absolute Gasteiger partial charge is 0.356 e. The highest BCUT2D eigenvalue weighted by Gasteiger charge is 2.12. The molecule has 1 heterocycles. The summed E-state index contributed by atoms with van der Waals surface area (Å²) in [5, 5.41) is 14.2. The second-order valence-corrected chi connectivity index (χ2v) is 4.85. The van der Waals surface area contributed by atoms with Crippen LogP contribution in [-0.4, -0.2) is 28.6 Å². The molecule has 1 aromatic rings. The average molecular weight is 293 g/mol. The first-order valence-corrected chi connectivity index (χ1v) is 7.38. The zero-order valence-electron chi connectivity index (χ0n) is 12.4. The van der Waals surface area contributed by atoms with Crippen LogP contribution < -0.4 is 10.6 Å². The fourth-order valence-electron chi connectivity index (χ4n) is 1.95. The molecule has 0 spiro atoms. The molecule has 0 bridgehead atoms. The normalized spacial score (nSPS) is 10.1. The molecular formula is C15H23N3O3. The van der Waals surface area contributed by atoms with Crippen LogP contribution in [0.25, 0.3) is 0 Å². The fraction of sp³-hybridized carbons (Fsp3) is 0.533. The van der Waals surface area contributed by atoms with Gasteiger partial charge in [0.05, 0.1) is 5.69 Å². The van der Waals surface area contributed by atoms with Crippen LogP contribution in [0.4, 0.5) is 10.5 Å². The largest absolute Gasteiger partial charge is 0.476 e. The van der Waals surface area contributed by atoms with Gasteiger partial charge in [0.2, 0.25) is 0 Å². The molecule has 1 rings (SSSR count). The molecule has 0 aliphatic rings. The van der Waals surface area contributed by atoms with Gasteiger partial charge in [-0.2, -0.15) is 0 Å². The molecular weight excluding hydrogens is 270 g/mol. The van der Waals surface area contributed by atoms with Crippen LogP contribution >= 0.6 is 0 Å². The zero-order valence-corrected chi connectivity index (χ0v) is 12.4. The van der Waals surface area contributed by atoms with Crippen LogP contribution in [0.1, 0.15) is 55.9 Å². The maximum absolute atomic E-state index is 11.7. The average Bonchev–Trinajstić information content (AvgIpc) is 2.46. The van der Waals surface area contributed by atoms with E-state index in [9.17, 15) is 9.59 Å². The number of nitrogens with one attached hydrogen (secondary N) is 2. The number of carboxylic acid groups (broad SMARTS) is 1. The molecule has 0 aliphatic carbocycles. The number of aromatic carboxylic acids is 1. The van der Waals surface area contributed by atoms with Crippen molar-refractivity contribution in [2.24, 2.45) is 0 Å². The van der Waals surface area contributed by atoms with Crippen molar-refractivity contribution in [3.8, 4) is 0 Å². The molecule has 6 heteroatoms. The number of urea groups is 1. The standard InChI is InChI=1S/C15H23N3O3/c1-2-3-4-5-6-7-10-17-15(21)18-12-9-8-11-16-13(12)14(19)20/h8-9,11H,2-7,10H2,1H3,(H,19,20)(H2,17,18,21). The summed E-state index contributed by atoms with van der Waals surface area (Å²) in [6, 6.07) is 2.69. The van der Waals surface area contributed by atoms with E-state index in [1.807, 2.05) is 0 Å². The summed E-state index contributed by atoms with van der Waals surface area (Å²) in [4.78, 5) is 26.4. The van der Waals surface area contributed by atoms with Gasteiger partial charge >= 0.3 is 12.0 Å². The van der Waals surface area contributed by atoms with Gasteiger partial charge in [-0.1, -0.05) is 39.0 Å². The Morgan fingerprint density at radius 3 is 2.62 bits per heavy atom. The SMILES string of the molecule is CCCCCCCCNC(=O)Nc1cccnc1C(=O)O. The predicted octanol–water partition coefficient (Wildman–Crippen LogP) is 3.26. The predicted molar refractivity (Wildman–Crippen MR) is 81.6 cm³/mol. The summed E-state index contributed by atoms with van der Waals surface area (Å²) in [5.41, 5.74) is 0.0395. The highest BCUT2D eigenvalue weighted by Crippen LogP contribution is 2.11. The molecule has 21 heavy (non-hydrogen) atoms. The Morgan fingerprint density at radius 2 is 1.90 bits per heavy atom. The first-order valence-electron chi connectivity index (χ1n) is 7.38. The summed E-state index contributed by atoms with van der Waals surface area (Å²) in [6.45, 7) is 2.76. The molecule has 0 radical (unpaired) electrons. The minimum atomic E-state index is -1.16. The fourth-order valence-corrected chi connectivity index (χ4v) is 1.95. The first-order chi connectivity index (χ1) is 10.1. The molecule has 0 aliphatic heterocycles. The lowest BCUT2D eigenvalue weighted by atomic mass is 10.1. The number of pyridine rings is 1. The second-order valence-electron chi connectivity index (χ2n) is 4.85. The Balaban J connectivity index is 2.27. The Morgan fingerprint density at radius 1 is 1.19 bits per heavy atom. The molecule has 116 valence electrons. The van der Waals surface area contributed by atoms with Crippen molar-refractivity contribution in [2.75, 3.05) is 11.9 Å². The van der Waals surface area contributed by atoms with Crippen molar-refractivity contribution >= 4 is 17.7 Å². The van der Waals surface area contributed by atoms with E-state index in [4.69, 9.17) is 5.11 Å². The first kappa shape index (κ1) is 16.9. The Kier molecular flexibility index (Phi) is 7.86. The number of unbranched alkanes of at least 4 members (excludes halogenated alkanes) is 5. The van der Waals surface area contributed by atoms with E-state index in [1.54, 1.807) is 6.07 Å². The number of nitrogens with zero attached hydrogens (tertiary/aromatic N) is 1. The number of carboxylic acids is 1. The molecule has 0 fully saturated rings. The van der Waals surface area contributed by atoms with Crippen LogP contribution in [0.2, 0.25) is 0 Å². The maximum Gasteiger partial charge on any atom is 0.356 e. The van der Waals surface area contributed by atoms with Crippen molar-refractivity contribution in [3.63, 3.8) is 0 Å². The number of hydrogen-bond donors (Lipinski definition) is 3. The van der Waals surface area contributed by atoms with Gasteiger partial charge in [-0.05, 0) is 18.6 Å². The molecule has 2 amide bonds. The lowest BCUT2D eigenvalue weighted by molar-refractivity contribution is 0.0691. The van der Waals surface area contributed by atoms with E-state index in [0.717, 1.165) is 12.8 Å². The van der Waals surface area contributed by atoms with Gasteiger partial charge in [0, 0.05) is 12.7 Å². The van der Waals surface area contributed by atoms with Crippen LogP contribution in [0.3, 0.4) is 0 Å². The summed E-state index contributed by atoms with van der Waals surface area (Å²) in [6.07, 6.45) is 8.29. The lowest BCUT2D eigenvalue weighted by Gasteiger charge is -2.09. The van der Waals surface area contributed by atoms with Crippen molar-refractivity contribution in [1.82, 2.24) is 10.3 Å². The number of rotatable bonds is 9. The van der Waals surface area contributed by atoms with Crippen LogP contribution in [0.5, 0.6) is 0 Å². The number of hydrogen-bond acceptors (Lipinski definition) is 3. The van der Waals surface area contributed by atoms with Gasteiger partial charge in [0.15, 0.2) is 5.69 Å². The van der Waals surface area contributed by atoms with Gasteiger partial charge in [-0.3, -0.25) is 0 Å². The highest BCUT2D eigenvalue weighted by molar-refractivity contribution is 5.98. The van der Waals surface area contributed by atoms with Crippen LogP contribution in [0.15, 0.2) is 18.3 Å². The number of aromatic nitrogens is 1. The maximum atomic E-state index is 11.7. The molecule has 0 atom stereocenters. The summed E-state index contributed by atoms with van der Waals surface area (Å²) < 4.78 is 0. The van der Waals surface area contributed by atoms with Crippen molar-refractivity contribution in [2.45, 2.75) is 45.4 Å². The number of carbonyl (C=O) groups excluding carboxylic acids is 1. The van der Waals surface area contributed by atoms with Crippen molar-refractivity contribution < 1.29 is 14.7 Å². The van der Waals surface area contributed by atoms with Crippen LogP contribution in [-0.2, 0) is 0 Å². The number of anilines is 1. The number of carbonyl (C=O) groups is 2. The molecule has 0 saturated carbocycles. The minimum Gasteiger partial charge on any atom is -0.476 e.